The van der Waals surface area contributed by atoms with Crippen molar-refractivity contribution in [3.8, 4) is 5.75 Å². The zero-order chi connectivity index (χ0) is 23.5. The summed E-state index contributed by atoms with van der Waals surface area (Å²) in [7, 11) is 0. The molecule has 5 nitrogen and oxygen atoms in total. The van der Waals surface area contributed by atoms with Crippen molar-refractivity contribution < 1.29 is 9.53 Å². The van der Waals surface area contributed by atoms with Gasteiger partial charge in [0, 0.05) is 23.1 Å². The number of fused-ring (bicyclic) bond motifs is 1. The first kappa shape index (κ1) is 24.8. The third kappa shape index (κ3) is 5.54. The highest BCUT2D eigenvalue weighted by Crippen LogP contribution is 2.35. The number of rotatable bonds is 9. The fourth-order valence-electron chi connectivity index (χ4n) is 3.44. The van der Waals surface area contributed by atoms with Crippen molar-refractivity contribution in [2.24, 2.45) is 0 Å². The molecule has 0 unspecified atom stereocenters. The van der Waals surface area contributed by atoms with Gasteiger partial charge in [0.05, 0.1) is 10.2 Å². The number of carbonyl (C=O) groups excluding carboxylic acids is 1. The van der Waals surface area contributed by atoms with Crippen LogP contribution in [0.2, 0.25) is 10.0 Å². The minimum Gasteiger partial charge on any atom is -0.478 e. The summed E-state index contributed by atoms with van der Waals surface area (Å²) in [5.41, 5.74) is 0.649. The van der Waals surface area contributed by atoms with E-state index in [2.05, 4.69) is 18.7 Å². The molecule has 1 heterocycles. The van der Waals surface area contributed by atoms with E-state index in [1.165, 1.54) is 11.3 Å². The van der Waals surface area contributed by atoms with Crippen LogP contribution in [0.5, 0.6) is 5.75 Å². The van der Waals surface area contributed by atoms with Gasteiger partial charge in [0.25, 0.3) is 5.91 Å². The normalized spacial score (nSPS) is 11.9. The SMILES string of the molecule is CCN(CC)CCN(C(=O)C(C)(C)Oc1ccc(Cl)cc1)c1nc2c(C)c(Cl)ccc2s1. The molecule has 3 rings (SSSR count). The van der Waals surface area contributed by atoms with E-state index >= 15 is 0 Å². The average Bonchev–Trinajstić information content (AvgIpc) is 3.20. The molecule has 0 radical (unpaired) electrons. The van der Waals surface area contributed by atoms with Gasteiger partial charge in [0.15, 0.2) is 10.7 Å². The van der Waals surface area contributed by atoms with Crippen LogP contribution in [0.4, 0.5) is 5.13 Å². The van der Waals surface area contributed by atoms with Gasteiger partial charge in [-0.2, -0.15) is 0 Å². The van der Waals surface area contributed by atoms with Crippen LogP contribution in [0.3, 0.4) is 0 Å². The number of nitrogens with zero attached hydrogens (tertiary/aromatic N) is 3. The summed E-state index contributed by atoms with van der Waals surface area (Å²) < 4.78 is 7.09. The summed E-state index contributed by atoms with van der Waals surface area (Å²) in [6.45, 7) is 12.8. The summed E-state index contributed by atoms with van der Waals surface area (Å²) in [6, 6.07) is 10.8. The number of thiazole rings is 1. The molecule has 2 aromatic carbocycles. The Hall–Kier alpha value is -1.86. The minimum absolute atomic E-state index is 0.151. The van der Waals surface area contributed by atoms with Crippen LogP contribution in [0.1, 0.15) is 33.3 Å². The second-order valence-corrected chi connectivity index (χ2v) is 9.92. The predicted octanol–water partition coefficient (Wildman–Crippen LogP) is 6.44. The van der Waals surface area contributed by atoms with Crippen LogP contribution in [-0.2, 0) is 4.79 Å². The lowest BCUT2D eigenvalue weighted by Crippen LogP contribution is -2.51. The summed E-state index contributed by atoms with van der Waals surface area (Å²) in [5, 5.41) is 1.93. The van der Waals surface area contributed by atoms with Gasteiger partial charge in [-0.15, -0.1) is 0 Å². The maximum atomic E-state index is 13.8. The van der Waals surface area contributed by atoms with Gasteiger partial charge in [-0.05, 0) is 75.8 Å². The van der Waals surface area contributed by atoms with Crippen LogP contribution in [0, 0.1) is 6.92 Å². The second-order valence-electron chi connectivity index (χ2n) is 8.07. The number of anilines is 1. The number of hydrogen-bond donors (Lipinski definition) is 0. The topological polar surface area (TPSA) is 45.7 Å². The maximum absolute atomic E-state index is 13.8. The molecule has 0 bridgehead atoms. The highest BCUT2D eigenvalue weighted by Gasteiger charge is 2.36. The molecular weight excluding hydrogens is 465 g/mol. The Balaban J connectivity index is 1.95. The zero-order valence-corrected chi connectivity index (χ0v) is 21.4. The zero-order valence-electron chi connectivity index (χ0n) is 19.1. The van der Waals surface area contributed by atoms with Gasteiger partial charge in [0.1, 0.15) is 5.75 Å². The van der Waals surface area contributed by atoms with Crippen LogP contribution in [0.25, 0.3) is 10.2 Å². The molecule has 0 saturated heterocycles. The van der Waals surface area contributed by atoms with Gasteiger partial charge < -0.3 is 9.64 Å². The third-order valence-electron chi connectivity index (χ3n) is 5.45. The lowest BCUT2D eigenvalue weighted by molar-refractivity contribution is -0.131. The predicted molar refractivity (Wildman–Crippen MR) is 136 cm³/mol. The number of likely N-dealkylation sites (N-methyl/N-ethyl adjacent to an activating group) is 1. The van der Waals surface area contributed by atoms with E-state index in [0.29, 0.717) is 27.5 Å². The first-order chi connectivity index (χ1) is 15.2. The maximum Gasteiger partial charge on any atom is 0.272 e. The molecule has 0 fully saturated rings. The smallest absolute Gasteiger partial charge is 0.272 e. The van der Waals surface area contributed by atoms with Crippen molar-refractivity contribution in [3.63, 3.8) is 0 Å². The van der Waals surface area contributed by atoms with Gasteiger partial charge >= 0.3 is 0 Å². The summed E-state index contributed by atoms with van der Waals surface area (Å²) in [6.07, 6.45) is 0. The number of hydrogen-bond acceptors (Lipinski definition) is 5. The molecule has 0 aliphatic heterocycles. The Morgan fingerprint density at radius 3 is 2.34 bits per heavy atom. The molecule has 8 heteroatoms. The molecule has 1 amide bonds. The summed E-state index contributed by atoms with van der Waals surface area (Å²) in [5.74, 6) is 0.436. The monoisotopic (exact) mass is 493 g/mol. The van der Waals surface area contributed by atoms with Crippen molar-refractivity contribution in [3.05, 3.63) is 52.0 Å². The number of amides is 1. The van der Waals surface area contributed by atoms with E-state index in [4.69, 9.17) is 32.9 Å². The molecule has 0 atom stereocenters. The quantitative estimate of drug-likeness (QED) is 0.343. The van der Waals surface area contributed by atoms with E-state index in [-0.39, 0.29) is 5.91 Å². The minimum atomic E-state index is -1.10. The van der Waals surface area contributed by atoms with Gasteiger partial charge in [-0.25, -0.2) is 4.98 Å². The Bertz CT molecular complexity index is 1080. The van der Waals surface area contributed by atoms with Crippen molar-refractivity contribution >= 4 is 55.8 Å². The number of carbonyl (C=O) groups is 1. The third-order valence-corrected chi connectivity index (χ3v) is 7.15. The first-order valence-electron chi connectivity index (χ1n) is 10.7. The molecule has 0 aliphatic carbocycles. The van der Waals surface area contributed by atoms with Gasteiger partial charge in [-0.3, -0.25) is 9.69 Å². The van der Waals surface area contributed by atoms with Crippen LogP contribution < -0.4 is 9.64 Å². The van der Waals surface area contributed by atoms with E-state index in [1.807, 2.05) is 19.1 Å². The summed E-state index contributed by atoms with van der Waals surface area (Å²) >= 11 is 13.8. The van der Waals surface area contributed by atoms with Gasteiger partial charge in [-0.1, -0.05) is 48.4 Å². The standard InChI is InChI=1S/C24H29Cl2N3O2S/c1-6-28(7-2)14-15-29(23-27-21-16(3)19(26)12-13-20(21)32-23)22(30)24(4,5)31-18-10-8-17(25)9-11-18/h8-13H,6-7,14-15H2,1-5H3. The number of ether oxygens (including phenoxy) is 1. The average molecular weight is 494 g/mol. The molecular formula is C24H29Cl2N3O2S. The Kier molecular flexibility index (Phi) is 8.04. The molecule has 0 spiro atoms. The largest absolute Gasteiger partial charge is 0.478 e. The van der Waals surface area contributed by atoms with E-state index < -0.39 is 5.60 Å². The molecule has 0 aliphatic rings. The van der Waals surface area contributed by atoms with Crippen molar-refractivity contribution in [1.82, 2.24) is 9.88 Å². The Morgan fingerprint density at radius 2 is 1.72 bits per heavy atom. The lowest BCUT2D eigenvalue weighted by atomic mass is 10.1. The van der Waals surface area contributed by atoms with Crippen LogP contribution >= 0.6 is 34.5 Å². The summed E-state index contributed by atoms with van der Waals surface area (Å²) in [4.78, 5) is 22.6. The highest BCUT2D eigenvalue weighted by molar-refractivity contribution is 7.22. The number of halogens is 2. The van der Waals surface area contributed by atoms with E-state index in [9.17, 15) is 4.79 Å². The van der Waals surface area contributed by atoms with Gasteiger partial charge in [0.2, 0.25) is 0 Å². The van der Waals surface area contributed by atoms with Crippen molar-refractivity contribution in [1.29, 1.82) is 0 Å². The van der Waals surface area contributed by atoms with Crippen molar-refractivity contribution in [2.45, 2.75) is 40.2 Å². The fraction of sp³-hybridized carbons (Fsp3) is 0.417. The second kappa shape index (κ2) is 10.4. The lowest BCUT2D eigenvalue weighted by Gasteiger charge is -2.32. The van der Waals surface area contributed by atoms with E-state index in [0.717, 1.165) is 35.4 Å². The molecule has 1 aromatic heterocycles. The fourth-order valence-corrected chi connectivity index (χ4v) is 4.76. The van der Waals surface area contributed by atoms with Crippen LogP contribution in [-0.4, -0.2) is 47.6 Å². The molecule has 0 saturated carbocycles. The van der Waals surface area contributed by atoms with Crippen molar-refractivity contribution in [2.75, 3.05) is 31.1 Å². The van der Waals surface area contributed by atoms with Crippen LogP contribution in [0.15, 0.2) is 36.4 Å². The number of aromatic nitrogens is 1. The molecule has 172 valence electrons. The Morgan fingerprint density at radius 1 is 1.06 bits per heavy atom. The Labute approximate surface area is 203 Å². The number of aryl methyl sites for hydroxylation is 1. The first-order valence-corrected chi connectivity index (χ1v) is 12.3. The number of benzene rings is 2. The highest BCUT2D eigenvalue weighted by atomic mass is 35.5. The molecule has 3 aromatic rings. The molecule has 0 N–H and O–H groups in total. The molecule has 32 heavy (non-hydrogen) atoms. The van der Waals surface area contributed by atoms with E-state index in [1.54, 1.807) is 43.0 Å².